The van der Waals surface area contributed by atoms with E-state index in [4.69, 9.17) is 5.73 Å². The predicted molar refractivity (Wildman–Crippen MR) is 70.7 cm³/mol. The molecule has 2 rings (SSSR count). The van der Waals surface area contributed by atoms with E-state index in [-0.39, 0.29) is 0 Å². The summed E-state index contributed by atoms with van der Waals surface area (Å²) in [5.41, 5.74) is 7.27. The Morgan fingerprint density at radius 1 is 1.50 bits per heavy atom. The summed E-state index contributed by atoms with van der Waals surface area (Å²) >= 11 is 1.87. The molecule has 16 heavy (non-hydrogen) atoms. The van der Waals surface area contributed by atoms with Crippen molar-refractivity contribution in [2.24, 2.45) is 11.7 Å². The highest BCUT2D eigenvalue weighted by Gasteiger charge is 2.29. The number of hydrogen-bond donors (Lipinski definition) is 1. The van der Waals surface area contributed by atoms with Crippen molar-refractivity contribution in [2.45, 2.75) is 38.8 Å². The van der Waals surface area contributed by atoms with Crippen molar-refractivity contribution < 1.29 is 0 Å². The van der Waals surface area contributed by atoms with Crippen LogP contribution in [0.4, 0.5) is 0 Å². The largest absolute Gasteiger partial charge is 0.330 e. The summed E-state index contributed by atoms with van der Waals surface area (Å²) in [5, 5.41) is 2.19. The lowest BCUT2D eigenvalue weighted by Crippen LogP contribution is -2.37. The first-order valence-corrected chi connectivity index (χ1v) is 7.03. The van der Waals surface area contributed by atoms with Gasteiger partial charge in [-0.25, -0.2) is 0 Å². The highest BCUT2D eigenvalue weighted by Crippen LogP contribution is 2.30. The first kappa shape index (κ1) is 12.1. The van der Waals surface area contributed by atoms with Crippen molar-refractivity contribution in [1.82, 2.24) is 4.90 Å². The normalized spacial score (nSPS) is 25.5. The minimum Gasteiger partial charge on any atom is -0.330 e. The van der Waals surface area contributed by atoms with Crippen molar-refractivity contribution in [3.63, 3.8) is 0 Å². The van der Waals surface area contributed by atoms with Crippen LogP contribution in [0.3, 0.4) is 0 Å². The van der Waals surface area contributed by atoms with Gasteiger partial charge in [0.15, 0.2) is 0 Å². The molecule has 2 unspecified atom stereocenters. The van der Waals surface area contributed by atoms with E-state index in [1.54, 1.807) is 0 Å². The highest BCUT2D eigenvalue weighted by atomic mass is 32.1. The van der Waals surface area contributed by atoms with Gasteiger partial charge in [-0.1, -0.05) is 6.42 Å². The van der Waals surface area contributed by atoms with Gasteiger partial charge < -0.3 is 5.73 Å². The molecule has 0 amide bonds. The molecule has 1 heterocycles. The number of hydrogen-bond acceptors (Lipinski definition) is 3. The second kappa shape index (κ2) is 5.30. The molecule has 1 aromatic rings. The Labute approximate surface area is 102 Å². The predicted octanol–water partition coefficient (Wildman–Crippen LogP) is 2.62. The zero-order chi connectivity index (χ0) is 11.5. The molecule has 0 saturated heterocycles. The minimum absolute atomic E-state index is 0.700. The average molecular weight is 238 g/mol. The van der Waals surface area contributed by atoms with Gasteiger partial charge in [0.05, 0.1) is 0 Å². The lowest BCUT2D eigenvalue weighted by Gasteiger charge is -2.28. The van der Waals surface area contributed by atoms with Crippen LogP contribution < -0.4 is 5.73 Å². The van der Waals surface area contributed by atoms with Crippen LogP contribution in [0.15, 0.2) is 11.4 Å². The quantitative estimate of drug-likeness (QED) is 0.873. The summed E-state index contributed by atoms with van der Waals surface area (Å²) in [6, 6.07) is 2.91. The SMILES string of the molecule is Cc1ccsc1CN(C)C1CCCC1CN. The monoisotopic (exact) mass is 238 g/mol. The van der Waals surface area contributed by atoms with Crippen LogP contribution in [0, 0.1) is 12.8 Å². The number of aryl methyl sites for hydroxylation is 1. The Bertz CT molecular complexity index is 334. The van der Waals surface area contributed by atoms with Gasteiger partial charge in [-0.15, -0.1) is 11.3 Å². The molecule has 0 bridgehead atoms. The van der Waals surface area contributed by atoms with Crippen LogP contribution in [0.1, 0.15) is 29.7 Å². The van der Waals surface area contributed by atoms with Gasteiger partial charge in [0.1, 0.15) is 0 Å². The summed E-state index contributed by atoms with van der Waals surface area (Å²) in [5.74, 6) is 0.713. The molecule has 0 aromatic carbocycles. The first-order valence-electron chi connectivity index (χ1n) is 6.15. The van der Waals surface area contributed by atoms with E-state index in [1.807, 2.05) is 11.3 Å². The van der Waals surface area contributed by atoms with Crippen LogP contribution in [0.25, 0.3) is 0 Å². The number of nitrogens with zero attached hydrogens (tertiary/aromatic N) is 1. The number of nitrogens with two attached hydrogens (primary N) is 1. The van der Waals surface area contributed by atoms with Crippen molar-refractivity contribution in [3.8, 4) is 0 Å². The molecule has 2 atom stereocenters. The average Bonchev–Trinajstić information content (AvgIpc) is 2.87. The Kier molecular flexibility index (Phi) is 4.00. The first-order chi connectivity index (χ1) is 7.72. The lowest BCUT2D eigenvalue weighted by molar-refractivity contribution is 0.194. The minimum atomic E-state index is 0.700. The Morgan fingerprint density at radius 3 is 2.94 bits per heavy atom. The van der Waals surface area contributed by atoms with Crippen LogP contribution in [0.2, 0.25) is 0 Å². The van der Waals surface area contributed by atoms with E-state index in [1.165, 1.54) is 29.7 Å². The van der Waals surface area contributed by atoms with Gasteiger partial charge in [0.2, 0.25) is 0 Å². The van der Waals surface area contributed by atoms with Crippen LogP contribution in [-0.2, 0) is 6.54 Å². The maximum Gasteiger partial charge on any atom is 0.0330 e. The van der Waals surface area contributed by atoms with Crippen molar-refractivity contribution in [3.05, 3.63) is 21.9 Å². The molecule has 1 aliphatic carbocycles. The third kappa shape index (κ3) is 2.47. The van der Waals surface area contributed by atoms with Gasteiger partial charge in [0.25, 0.3) is 0 Å². The summed E-state index contributed by atoms with van der Waals surface area (Å²) in [6.07, 6.45) is 3.98. The Balaban J connectivity index is 1.97. The molecule has 2 N–H and O–H groups in total. The topological polar surface area (TPSA) is 29.3 Å². The number of rotatable bonds is 4. The van der Waals surface area contributed by atoms with Gasteiger partial charge in [-0.2, -0.15) is 0 Å². The second-order valence-electron chi connectivity index (χ2n) is 4.94. The van der Waals surface area contributed by atoms with Gasteiger partial charge >= 0.3 is 0 Å². The molecule has 2 nitrogen and oxygen atoms in total. The molecule has 1 saturated carbocycles. The maximum absolute atomic E-state index is 5.84. The van der Waals surface area contributed by atoms with Crippen molar-refractivity contribution >= 4 is 11.3 Å². The smallest absolute Gasteiger partial charge is 0.0330 e. The molecular weight excluding hydrogens is 216 g/mol. The van der Waals surface area contributed by atoms with E-state index in [2.05, 4.69) is 30.3 Å². The highest BCUT2D eigenvalue weighted by molar-refractivity contribution is 7.10. The van der Waals surface area contributed by atoms with Crippen LogP contribution in [0.5, 0.6) is 0 Å². The molecule has 0 radical (unpaired) electrons. The summed E-state index contributed by atoms with van der Waals surface area (Å²) < 4.78 is 0. The third-order valence-corrected chi connectivity index (χ3v) is 4.86. The summed E-state index contributed by atoms with van der Waals surface area (Å²) in [6.45, 7) is 4.14. The van der Waals surface area contributed by atoms with Crippen LogP contribution in [-0.4, -0.2) is 24.5 Å². The van der Waals surface area contributed by atoms with E-state index >= 15 is 0 Å². The standard InChI is InChI=1S/C13H22N2S/c1-10-6-7-16-13(10)9-15(2)12-5-3-4-11(12)8-14/h6-7,11-12H,3-5,8-9,14H2,1-2H3. The van der Waals surface area contributed by atoms with Gasteiger partial charge in [0, 0.05) is 17.5 Å². The third-order valence-electron chi connectivity index (χ3n) is 3.85. The summed E-state index contributed by atoms with van der Waals surface area (Å²) in [4.78, 5) is 4.01. The Hall–Kier alpha value is -0.380. The molecule has 1 aliphatic rings. The number of thiophene rings is 1. The Morgan fingerprint density at radius 2 is 2.31 bits per heavy atom. The molecule has 90 valence electrons. The van der Waals surface area contributed by atoms with E-state index < -0.39 is 0 Å². The van der Waals surface area contributed by atoms with Gasteiger partial charge in [-0.3, -0.25) is 4.90 Å². The van der Waals surface area contributed by atoms with Gasteiger partial charge in [-0.05, 0) is 56.3 Å². The fourth-order valence-corrected chi connectivity index (χ4v) is 3.75. The fraction of sp³-hybridized carbons (Fsp3) is 0.692. The molecule has 1 fully saturated rings. The molecule has 3 heteroatoms. The zero-order valence-electron chi connectivity index (χ0n) is 10.3. The van der Waals surface area contributed by atoms with Crippen molar-refractivity contribution in [2.75, 3.05) is 13.6 Å². The maximum atomic E-state index is 5.84. The van der Waals surface area contributed by atoms with E-state index in [0.717, 1.165) is 13.1 Å². The van der Waals surface area contributed by atoms with E-state index in [9.17, 15) is 0 Å². The van der Waals surface area contributed by atoms with Crippen LogP contribution >= 0.6 is 11.3 Å². The van der Waals surface area contributed by atoms with E-state index in [0.29, 0.717) is 12.0 Å². The molecule has 0 aliphatic heterocycles. The molecular formula is C13H22N2S. The van der Waals surface area contributed by atoms with Crippen molar-refractivity contribution in [1.29, 1.82) is 0 Å². The molecule has 1 aromatic heterocycles. The molecule has 0 spiro atoms. The lowest BCUT2D eigenvalue weighted by atomic mass is 10.0. The summed E-state index contributed by atoms with van der Waals surface area (Å²) in [7, 11) is 2.25. The zero-order valence-corrected chi connectivity index (χ0v) is 11.1. The second-order valence-corrected chi connectivity index (χ2v) is 5.94. The fourth-order valence-electron chi connectivity index (χ4n) is 2.78.